The number of aryl methyl sites for hydroxylation is 1. The lowest BCUT2D eigenvalue weighted by atomic mass is 10.1. The van der Waals surface area contributed by atoms with Crippen LogP contribution >= 0.6 is 0 Å². The smallest absolute Gasteiger partial charge is 0.329 e. The molecule has 9 heteroatoms. The van der Waals surface area contributed by atoms with Crippen molar-refractivity contribution in [1.29, 1.82) is 0 Å². The molecule has 0 bridgehead atoms. The van der Waals surface area contributed by atoms with Crippen LogP contribution in [0.3, 0.4) is 0 Å². The van der Waals surface area contributed by atoms with Gasteiger partial charge in [-0.2, -0.15) is 0 Å². The Morgan fingerprint density at radius 2 is 1.71 bits per heavy atom. The van der Waals surface area contributed by atoms with Crippen molar-refractivity contribution in [2.24, 2.45) is 12.0 Å². The van der Waals surface area contributed by atoms with Crippen LogP contribution in [-0.2, 0) is 13.5 Å². The van der Waals surface area contributed by atoms with Crippen LogP contribution < -0.4 is 21.5 Å². The number of methoxy groups -OCH3 is 1. The average Bonchev–Trinajstić information content (AvgIpc) is 2.79. The number of nitrogens with one attached hydrogen (secondary N) is 2. The van der Waals surface area contributed by atoms with Crippen molar-refractivity contribution in [3.63, 3.8) is 0 Å². The zero-order chi connectivity index (χ0) is 22.0. The Morgan fingerprint density at radius 1 is 1.00 bits per heavy atom. The highest BCUT2D eigenvalue weighted by atomic mass is 16.5. The molecule has 2 heterocycles. The number of ether oxygens (including phenoxy) is 1. The maximum absolute atomic E-state index is 12.7. The van der Waals surface area contributed by atoms with Crippen LogP contribution in [0.5, 0.6) is 5.75 Å². The first-order chi connectivity index (χ1) is 15.0. The second kappa shape index (κ2) is 8.23. The molecule has 9 nitrogen and oxygen atoms in total. The van der Waals surface area contributed by atoms with Gasteiger partial charge in [-0.05, 0) is 17.7 Å². The number of hydrogen-bond acceptors (Lipinski definition) is 6. The minimum absolute atomic E-state index is 0.0265. The molecule has 0 unspecified atom stereocenters. The Labute approximate surface area is 175 Å². The Balaban J connectivity index is 1.88. The van der Waals surface area contributed by atoms with Gasteiger partial charge in [0.2, 0.25) is 0 Å². The zero-order valence-corrected chi connectivity index (χ0v) is 16.9. The van der Waals surface area contributed by atoms with Gasteiger partial charge in [-0.1, -0.05) is 42.5 Å². The van der Waals surface area contributed by atoms with Crippen LogP contribution in [-0.4, -0.2) is 32.3 Å². The summed E-state index contributed by atoms with van der Waals surface area (Å²) in [7, 11) is 3.00. The number of H-pyrrole nitrogens is 2. The van der Waals surface area contributed by atoms with E-state index in [0.29, 0.717) is 17.1 Å². The molecule has 0 aliphatic rings. The average molecular weight is 417 g/mol. The highest BCUT2D eigenvalue weighted by Crippen LogP contribution is 2.27. The quantitative estimate of drug-likeness (QED) is 0.479. The maximum atomic E-state index is 12.7. The van der Waals surface area contributed by atoms with E-state index in [9.17, 15) is 14.4 Å². The van der Waals surface area contributed by atoms with E-state index in [1.807, 2.05) is 42.5 Å². The highest BCUT2D eigenvalue weighted by Gasteiger charge is 2.15. The summed E-state index contributed by atoms with van der Waals surface area (Å²) in [6.07, 6.45) is 0.0651. The minimum Gasteiger partial charge on any atom is -0.494 e. The fourth-order valence-electron chi connectivity index (χ4n) is 3.20. The van der Waals surface area contributed by atoms with Crippen LogP contribution in [0, 0.1) is 0 Å². The lowest BCUT2D eigenvalue weighted by molar-refractivity contribution is 0.416. The van der Waals surface area contributed by atoms with Crippen LogP contribution in [0.25, 0.3) is 11.2 Å². The normalized spacial score (nSPS) is 11.6. The van der Waals surface area contributed by atoms with E-state index in [0.717, 1.165) is 10.1 Å². The number of para-hydroxylation sites is 2. The number of fused-ring (bicyclic) bond motifs is 1. The van der Waals surface area contributed by atoms with E-state index in [4.69, 9.17) is 9.73 Å². The third-order valence-corrected chi connectivity index (χ3v) is 4.82. The summed E-state index contributed by atoms with van der Waals surface area (Å²) in [6.45, 7) is 0. The van der Waals surface area contributed by atoms with Crippen molar-refractivity contribution in [3.05, 3.63) is 97.0 Å². The number of nitrogens with zero attached hydrogens (tertiary/aromatic N) is 3. The summed E-state index contributed by atoms with van der Waals surface area (Å²) in [5, 5.41) is 0. The molecule has 0 spiro atoms. The van der Waals surface area contributed by atoms with Gasteiger partial charge in [0.25, 0.3) is 11.1 Å². The number of aromatic amines is 2. The summed E-state index contributed by atoms with van der Waals surface area (Å²) in [5.74, 6) is 0.586. The lowest BCUT2D eigenvalue weighted by Crippen LogP contribution is -2.32. The van der Waals surface area contributed by atoms with Gasteiger partial charge in [0, 0.05) is 13.5 Å². The second-order valence-electron chi connectivity index (χ2n) is 6.80. The van der Waals surface area contributed by atoms with E-state index < -0.39 is 16.8 Å². The summed E-state index contributed by atoms with van der Waals surface area (Å²) in [5.41, 5.74) is 0.302. The monoisotopic (exact) mass is 417 g/mol. The molecular weight excluding hydrogens is 398 g/mol. The molecule has 0 aliphatic heterocycles. The largest absolute Gasteiger partial charge is 0.494 e. The molecular formula is C22H19N5O4. The Morgan fingerprint density at radius 3 is 2.45 bits per heavy atom. The zero-order valence-electron chi connectivity index (χ0n) is 16.9. The second-order valence-corrected chi connectivity index (χ2v) is 6.80. The van der Waals surface area contributed by atoms with Crippen molar-refractivity contribution >= 4 is 22.6 Å². The maximum Gasteiger partial charge on any atom is 0.329 e. The standard InChI is InChI=1S/C22H19N5O4/c1-27-19-18(21(29)26-22(27)30)24-16(20(28)25-19)12-15(13-8-4-3-5-9-13)23-14-10-6-7-11-17(14)31-2/h3-11H,12H2,1-2H3,(H,25,28)(H,26,29,30). The van der Waals surface area contributed by atoms with Crippen LogP contribution in [0.2, 0.25) is 0 Å². The van der Waals surface area contributed by atoms with Gasteiger partial charge < -0.3 is 9.72 Å². The number of benzene rings is 2. The summed E-state index contributed by atoms with van der Waals surface area (Å²) >= 11 is 0. The van der Waals surface area contributed by atoms with Crippen LogP contribution in [0.4, 0.5) is 5.69 Å². The number of aromatic nitrogens is 4. The lowest BCUT2D eigenvalue weighted by Gasteiger charge is -2.10. The fourth-order valence-corrected chi connectivity index (χ4v) is 3.20. The van der Waals surface area contributed by atoms with Crippen molar-refractivity contribution in [1.82, 2.24) is 19.5 Å². The number of rotatable bonds is 5. The van der Waals surface area contributed by atoms with E-state index in [1.54, 1.807) is 19.2 Å². The molecule has 0 radical (unpaired) electrons. The Kier molecular flexibility index (Phi) is 5.31. The third-order valence-electron chi connectivity index (χ3n) is 4.82. The molecule has 0 saturated heterocycles. The molecule has 2 aromatic heterocycles. The van der Waals surface area contributed by atoms with E-state index in [-0.39, 0.29) is 23.3 Å². The highest BCUT2D eigenvalue weighted by molar-refractivity contribution is 6.03. The molecule has 2 N–H and O–H groups in total. The Bertz CT molecular complexity index is 1470. The topological polar surface area (TPSA) is 122 Å². The molecule has 0 amide bonds. The van der Waals surface area contributed by atoms with Crippen LogP contribution in [0.1, 0.15) is 11.3 Å². The molecule has 0 aliphatic carbocycles. The van der Waals surface area contributed by atoms with Gasteiger partial charge in [0.1, 0.15) is 22.8 Å². The van der Waals surface area contributed by atoms with Gasteiger partial charge in [-0.15, -0.1) is 0 Å². The summed E-state index contributed by atoms with van der Waals surface area (Å²) in [6, 6.07) is 16.6. The van der Waals surface area contributed by atoms with Crippen LogP contribution in [0.15, 0.2) is 74.0 Å². The number of hydrogen-bond donors (Lipinski definition) is 2. The SMILES string of the molecule is COc1ccccc1N=C(Cc1nc2c(=O)[nH]c(=O)n(C)c2[nH]c1=O)c1ccccc1. The fraction of sp³-hybridized carbons (Fsp3) is 0.136. The predicted octanol–water partition coefficient (Wildman–Crippen LogP) is 1.68. The Hall–Kier alpha value is -4.27. The first-order valence-electron chi connectivity index (χ1n) is 9.46. The summed E-state index contributed by atoms with van der Waals surface area (Å²) in [4.78, 5) is 50.6. The van der Waals surface area contributed by atoms with Gasteiger partial charge in [-0.3, -0.25) is 19.1 Å². The summed E-state index contributed by atoms with van der Waals surface area (Å²) < 4.78 is 6.52. The minimum atomic E-state index is -0.668. The molecule has 156 valence electrons. The molecule has 2 aromatic carbocycles. The molecule has 4 aromatic rings. The molecule has 0 saturated carbocycles. The first kappa shape index (κ1) is 20.0. The van der Waals surface area contributed by atoms with Crippen molar-refractivity contribution < 1.29 is 4.74 Å². The van der Waals surface area contributed by atoms with Crippen molar-refractivity contribution in [2.45, 2.75) is 6.42 Å². The molecule has 4 rings (SSSR count). The van der Waals surface area contributed by atoms with Crippen molar-refractivity contribution in [2.75, 3.05) is 7.11 Å². The van der Waals surface area contributed by atoms with Crippen molar-refractivity contribution in [3.8, 4) is 5.75 Å². The molecule has 0 fully saturated rings. The van der Waals surface area contributed by atoms with E-state index in [2.05, 4.69) is 15.0 Å². The van der Waals surface area contributed by atoms with Gasteiger partial charge >= 0.3 is 5.69 Å². The van der Waals surface area contributed by atoms with E-state index >= 15 is 0 Å². The third kappa shape index (κ3) is 3.93. The predicted molar refractivity (Wildman–Crippen MR) is 118 cm³/mol. The number of aliphatic imine (C=N–C) groups is 1. The molecule has 31 heavy (non-hydrogen) atoms. The molecule has 0 atom stereocenters. The van der Waals surface area contributed by atoms with Gasteiger partial charge in [0.15, 0.2) is 5.52 Å². The van der Waals surface area contributed by atoms with Gasteiger partial charge in [0.05, 0.1) is 12.8 Å². The van der Waals surface area contributed by atoms with E-state index in [1.165, 1.54) is 7.05 Å². The van der Waals surface area contributed by atoms with Gasteiger partial charge in [-0.25, -0.2) is 14.8 Å². The first-order valence-corrected chi connectivity index (χ1v) is 9.46.